The number of hydrogen-bond donors (Lipinski definition) is 0. The molecule has 0 aliphatic heterocycles. The van der Waals surface area contributed by atoms with Gasteiger partial charge in [0.2, 0.25) is 0 Å². The molecule has 0 bridgehead atoms. The van der Waals surface area contributed by atoms with Crippen LogP contribution in [-0.2, 0) is 10.1 Å². The minimum Gasteiger partial charge on any atom is -0.497 e. The lowest BCUT2D eigenvalue weighted by molar-refractivity contribution is -0.0500. The van der Waals surface area contributed by atoms with Gasteiger partial charge < -0.3 is 8.92 Å². The van der Waals surface area contributed by atoms with Gasteiger partial charge in [0.15, 0.2) is 5.75 Å². The van der Waals surface area contributed by atoms with E-state index in [1.165, 1.54) is 13.2 Å². The normalized spacial score (nSPS) is 12.4. The fourth-order valence-electron chi connectivity index (χ4n) is 1.43. The molecule has 2 aromatic rings. The van der Waals surface area contributed by atoms with E-state index in [0.717, 1.165) is 12.3 Å². The molecule has 0 N–H and O–H groups in total. The van der Waals surface area contributed by atoms with Gasteiger partial charge in [-0.3, -0.25) is 4.98 Å². The summed E-state index contributed by atoms with van der Waals surface area (Å²) in [4.78, 5) is 3.82. The van der Waals surface area contributed by atoms with Gasteiger partial charge in [-0.15, -0.1) is 0 Å². The average Bonchev–Trinajstić information content (AvgIpc) is 2.36. The van der Waals surface area contributed by atoms with Gasteiger partial charge in [-0.25, -0.2) is 0 Å². The minimum atomic E-state index is -5.70. The van der Waals surface area contributed by atoms with E-state index in [1.807, 2.05) is 0 Å². The molecule has 0 atom stereocenters. The van der Waals surface area contributed by atoms with Crippen LogP contribution in [0.15, 0.2) is 30.5 Å². The second-order valence-electron chi connectivity index (χ2n) is 3.71. The van der Waals surface area contributed by atoms with Crippen molar-refractivity contribution in [3.8, 4) is 11.5 Å². The van der Waals surface area contributed by atoms with Crippen LogP contribution in [0.5, 0.6) is 11.5 Å². The molecule has 0 unspecified atom stereocenters. The maximum absolute atomic E-state index is 12.2. The molecule has 0 radical (unpaired) electrons. The molecule has 0 aliphatic rings. The molecule has 108 valence electrons. The van der Waals surface area contributed by atoms with Crippen LogP contribution < -0.4 is 8.92 Å². The Bertz CT molecular complexity index is 743. The number of aromatic nitrogens is 1. The highest BCUT2D eigenvalue weighted by atomic mass is 32.2. The average molecular weight is 307 g/mol. The zero-order valence-corrected chi connectivity index (χ0v) is 10.8. The maximum atomic E-state index is 12.2. The number of ether oxygens (including phenoxy) is 1. The third-order valence-corrected chi connectivity index (χ3v) is 3.33. The van der Waals surface area contributed by atoms with Gasteiger partial charge in [0, 0.05) is 11.5 Å². The zero-order chi connectivity index (χ0) is 15.0. The van der Waals surface area contributed by atoms with E-state index in [-0.39, 0.29) is 0 Å². The van der Waals surface area contributed by atoms with E-state index in [1.54, 1.807) is 12.1 Å². The van der Waals surface area contributed by atoms with Crippen molar-refractivity contribution in [1.29, 1.82) is 0 Å². The molecule has 5 nitrogen and oxygen atoms in total. The van der Waals surface area contributed by atoms with E-state index < -0.39 is 21.4 Å². The van der Waals surface area contributed by atoms with Crippen LogP contribution in [0.1, 0.15) is 0 Å². The van der Waals surface area contributed by atoms with Gasteiger partial charge in [0.05, 0.1) is 18.8 Å². The van der Waals surface area contributed by atoms with Crippen molar-refractivity contribution in [1.82, 2.24) is 4.98 Å². The van der Waals surface area contributed by atoms with E-state index in [2.05, 4.69) is 9.17 Å². The summed E-state index contributed by atoms with van der Waals surface area (Å²) in [5.41, 5.74) is -5.05. The van der Waals surface area contributed by atoms with Crippen LogP contribution in [0.4, 0.5) is 13.2 Å². The van der Waals surface area contributed by atoms with Crippen LogP contribution in [0.2, 0.25) is 0 Å². The Labute approximate surface area is 112 Å². The number of benzene rings is 1. The Hall–Kier alpha value is -2.03. The van der Waals surface area contributed by atoms with Crippen LogP contribution in [-0.4, -0.2) is 26.0 Å². The van der Waals surface area contributed by atoms with E-state index in [4.69, 9.17) is 4.74 Å². The number of fused-ring (bicyclic) bond motifs is 1. The first kappa shape index (κ1) is 14.4. The third kappa shape index (κ3) is 2.77. The molecule has 0 saturated carbocycles. The molecule has 1 aromatic heterocycles. The third-order valence-electron chi connectivity index (χ3n) is 2.36. The molecule has 2 rings (SSSR count). The number of rotatable bonds is 3. The number of alkyl halides is 3. The summed E-state index contributed by atoms with van der Waals surface area (Å²) in [6.07, 6.45) is 0.894. The van der Waals surface area contributed by atoms with Crippen molar-refractivity contribution in [2.45, 2.75) is 5.51 Å². The van der Waals surface area contributed by atoms with Crippen molar-refractivity contribution >= 4 is 21.0 Å². The fraction of sp³-hybridized carbons (Fsp3) is 0.182. The highest BCUT2D eigenvalue weighted by molar-refractivity contribution is 7.88. The summed E-state index contributed by atoms with van der Waals surface area (Å²) >= 11 is 0. The summed E-state index contributed by atoms with van der Waals surface area (Å²) in [7, 11) is -4.24. The molecule has 0 saturated heterocycles. The maximum Gasteiger partial charge on any atom is 0.534 e. The molecule has 9 heteroatoms. The summed E-state index contributed by atoms with van der Waals surface area (Å²) in [5, 5.41) is 0.417. The van der Waals surface area contributed by atoms with E-state index in [0.29, 0.717) is 16.7 Å². The second kappa shape index (κ2) is 4.82. The molecule has 0 amide bonds. The van der Waals surface area contributed by atoms with Crippen LogP contribution in [0.3, 0.4) is 0 Å². The summed E-state index contributed by atoms with van der Waals surface area (Å²) in [6, 6.07) is 5.78. The lowest BCUT2D eigenvalue weighted by Crippen LogP contribution is -2.28. The van der Waals surface area contributed by atoms with Crippen LogP contribution in [0.25, 0.3) is 10.9 Å². The monoisotopic (exact) mass is 307 g/mol. The van der Waals surface area contributed by atoms with Gasteiger partial charge in [0.1, 0.15) is 5.75 Å². The van der Waals surface area contributed by atoms with Crippen molar-refractivity contribution in [2.24, 2.45) is 0 Å². The summed E-state index contributed by atoms with van der Waals surface area (Å²) in [6.45, 7) is 0. The standard InChI is InChI=1S/C11H8F3NO4S/c1-18-8-3-2-7-4-9(6-15-10(7)5-8)19-20(16,17)11(12,13)14/h2-6H,1H3. The number of halogens is 3. The van der Waals surface area contributed by atoms with E-state index in [9.17, 15) is 21.6 Å². The zero-order valence-electron chi connectivity index (χ0n) is 10.0. The number of hydrogen-bond acceptors (Lipinski definition) is 5. The number of methoxy groups -OCH3 is 1. The molecular formula is C11H8F3NO4S. The predicted octanol–water partition coefficient (Wildman–Crippen LogP) is 2.47. The van der Waals surface area contributed by atoms with E-state index >= 15 is 0 Å². The fourth-order valence-corrected chi connectivity index (χ4v) is 1.87. The van der Waals surface area contributed by atoms with Gasteiger partial charge >= 0.3 is 15.6 Å². The second-order valence-corrected chi connectivity index (χ2v) is 5.25. The first-order chi connectivity index (χ1) is 9.23. The lowest BCUT2D eigenvalue weighted by Gasteiger charge is -2.09. The molecule has 0 spiro atoms. The molecular weight excluding hydrogens is 299 g/mol. The Morgan fingerprint density at radius 2 is 1.85 bits per heavy atom. The molecule has 1 heterocycles. The molecule has 0 fully saturated rings. The highest BCUT2D eigenvalue weighted by Crippen LogP contribution is 2.28. The molecule has 1 aromatic carbocycles. The molecule has 0 aliphatic carbocycles. The Morgan fingerprint density at radius 3 is 2.45 bits per heavy atom. The lowest BCUT2D eigenvalue weighted by atomic mass is 10.2. The largest absolute Gasteiger partial charge is 0.534 e. The van der Waals surface area contributed by atoms with Gasteiger partial charge in [-0.05, 0) is 18.2 Å². The van der Waals surface area contributed by atoms with Gasteiger partial charge in [-0.1, -0.05) is 0 Å². The highest BCUT2D eigenvalue weighted by Gasteiger charge is 2.48. The van der Waals surface area contributed by atoms with Crippen LogP contribution in [0, 0.1) is 0 Å². The van der Waals surface area contributed by atoms with Crippen molar-refractivity contribution in [3.05, 3.63) is 30.5 Å². The smallest absolute Gasteiger partial charge is 0.497 e. The quantitative estimate of drug-likeness (QED) is 0.644. The summed E-state index contributed by atoms with van der Waals surface area (Å²) in [5.74, 6) is 0.00146. The first-order valence-electron chi connectivity index (χ1n) is 5.17. The number of pyridine rings is 1. The SMILES string of the molecule is COc1ccc2cc(OS(=O)(=O)C(F)(F)F)cnc2c1. The van der Waals surface area contributed by atoms with Crippen LogP contribution >= 0.6 is 0 Å². The Kier molecular flexibility index (Phi) is 3.46. The van der Waals surface area contributed by atoms with Gasteiger partial charge in [-0.2, -0.15) is 21.6 Å². The molecule has 20 heavy (non-hydrogen) atoms. The first-order valence-corrected chi connectivity index (χ1v) is 6.58. The van der Waals surface area contributed by atoms with Crippen molar-refractivity contribution < 1.29 is 30.5 Å². The Morgan fingerprint density at radius 1 is 1.15 bits per heavy atom. The minimum absolute atomic E-state index is 0.417. The van der Waals surface area contributed by atoms with Crippen molar-refractivity contribution in [3.63, 3.8) is 0 Å². The number of nitrogens with zero attached hydrogens (tertiary/aromatic N) is 1. The Balaban J connectivity index is 2.38. The summed E-state index contributed by atoms with van der Waals surface area (Å²) < 4.78 is 67.2. The topological polar surface area (TPSA) is 65.5 Å². The predicted molar refractivity (Wildman–Crippen MR) is 63.9 cm³/mol. The van der Waals surface area contributed by atoms with Gasteiger partial charge in [0.25, 0.3) is 0 Å². The van der Waals surface area contributed by atoms with Crippen molar-refractivity contribution in [2.75, 3.05) is 7.11 Å².